The third-order valence-corrected chi connectivity index (χ3v) is 1.90. The average Bonchev–Trinajstić information content (AvgIpc) is 2.70. The van der Waals surface area contributed by atoms with Crippen LogP contribution in [0.1, 0.15) is 24.0 Å². The van der Waals surface area contributed by atoms with E-state index < -0.39 is 12.7 Å². The fourth-order valence-electron chi connectivity index (χ4n) is 1.27. The Bertz CT molecular complexity index is 313. The summed E-state index contributed by atoms with van der Waals surface area (Å²) >= 11 is 0. The Morgan fingerprint density at radius 2 is 2.14 bits per heavy atom. The van der Waals surface area contributed by atoms with Gasteiger partial charge in [0.1, 0.15) is 5.69 Å². The first-order valence-corrected chi connectivity index (χ1v) is 4.17. The minimum Gasteiger partial charge on any atom is -0.345 e. The molecule has 3 nitrogen and oxygen atoms in total. The average molecular weight is 200 g/mol. The normalized spacial score (nSPS) is 17.9. The van der Waals surface area contributed by atoms with E-state index >= 15 is 0 Å². The summed E-state index contributed by atoms with van der Waals surface area (Å²) in [5.74, 6) is 0. The minimum absolute atomic E-state index is 0.125. The maximum Gasteiger partial charge on any atom is 0.265 e. The Hall–Kier alpha value is -1.07. The number of halogens is 2. The monoisotopic (exact) mass is 200 g/mol. The molecule has 0 N–H and O–H groups in total. The zero-order valence-electron chi connectivity index (χ0n) is 7.24. The van der Waals surface area contributed by atoms with Crippen LogP contribution in [-0.4, -0.2) is 18.2 Å². The van der Waals surface area contributed by atoms with E-state index in [-0.39, 0.29) is 11.3 Å². The Morgan fingerprint density at radius 3 is 2.79 bits per heavy atom. The Balaban J connectivity index is 2.30. The van der Waals surface area contributed by atoms with Crippen molar-refractivity contribution in [3.63, 3.8) is 0 Å². The molecule has 1 aliphatic heterocycles. The van der Waals surface area contributed by atoms with Gasteiger partial charge in [0, 0.05) is 5.56 Å². The summed E-state index contributed by atoms with van der Waals surface area (Å²) in [6.45, 7) is 0.813. The quantitative estimate of drug-likeness (QED) is 0.730. The third kappa shape index (κ3) is 1.73. The molecule has 75 valence electrons. The molecule has 2 heterocycles. The van der Waals surface area contributed by atoms with Gasteiger partial charge in [-0.15, -0.1) is 0 Å². The fraction of sp³-hybridized carbons (Fsp3) is 0.444. The third-order valence-electron chi connectivity index (χ3n) is 1.90. The van der Waals surface area contributed by atoms with Crippen LogP contribution in [0.15, 0.2) is 12.1 Å². The number of rotatable bonds is 2. The van der Waals surface area contributed by atoms with E-state index in [9.17, 15) is 8.78 Å². The second kappa shape index (κ2) is 3.98. The van der Waals surface area contributed by atoms with Gasteiger partial charge in [-0.05, 0) is 12.1 Å². The summed E-state index contributed by atoms with van der Waals surface area (Å²) < 4.78 is 35.2. The van der Waals surface area contributed by atoms with Crippen LogP contribution < -0.4 is 0 Å². The van der Waals surface area contributed by atoms with Crippen molar-refractivity contribution in [2.75, 3.05) is 13.2 Å². The second-order valence-corrected chi connectivity index (χ2v) is 2.79. The molecule has 1 radical (unpaired) electrons. The molecular weight excluding hydrogens is 192 g/mol. The van der Waals surface area contributed by atoms with Gasteiger partial charge < -0.3 is 9.47 Å². The second-order valence-electron chi connectivity index (χ2n) is 2.79. The summed E-state index contributed by atoms with van der Waals surface area (Å²) in [6, 6.07) is 2.62. The van der Waals surface area contributed by atoms with E-state index in [1.807, 2.05) is 0 Å². The van der Waals surface area contributed by atoms with E-state index in [1.165, 1.54) is 12.1 Å². The van der Waals surface area contributed by atoms with Crippen LogP contribution in [0.25, 0.3) is 0 Å². The number of alkyl halides is 2. The molecule has 0 aromatic carbocycles. The molecule has 1 saturated heterocycles. The van der Waals surface area contributed by atoms with Crippen LogP contribution in [-0.2, 0) is 9.47 Å². The van der Waals surface area contributed by atoms with Gasteiger partial charge in [0.05, 0.1) is 19.4 Å². The molecule has 0 bridgehead atoms. The summed E-state index contributed by atoms with van der Waals surface area (Å²) in [5, 5.41) is 0. The Kier molecular flexibility index (Phi) is 2.69. The van der Waals surface area contributed by atoms with E-state index in [2.05, 4.69) is 11.2 Å². The van der Waals surface area contributed by atoms with Gasteiger partial charge in [-0.3, -0.25) is 0 Å². The lowest BCUT2D eigenvalue weighted by Gasteiger charge is -2.11. The van der Waals surface area contributed by atoms with Crippen LogP contribution in [0.3, 0.4) is 0 Å². The molecule has 0 atom stereocenters. The maximum absolute atomic E-state index is 12.5. The van der Waals surface area contributed by atoms with Crippen LogP contribution in [0.5, 0.6) is 0 Å². The molecule has 1 aromatic rings. The minimum atomic E-state index is -2.57. The molecule has 1 aliphatic rings. The van der Waals surface area contributed by atoms with Crippen molar-refractivity contribution in [3.05, 3.63) is 29.6 Å². The van der Waals surface area contributed by atoms with E-state index in [0.29, 0.717) is 13.2 Å². The molecule has 5 heteroatoms. The zero-order chi connectivity index (χ0) is 9.97. The van der Waals surface area contributed by atoms with E-state index in [1.54, 1.807) is 0 Å². The van der Waals surface area contributed by atoms with Gasteiger partial charge in [0.2, 0.25) is 6.29 Å². The zero-order valence-corrected chi connectivity index (χ0v) is 7.24. The number of pyridine rings is 1. The number of hydrogen-bond donors (Lipinski definition) is 0. The summed E-state index contributed by atoms with van der Waals surface area (Å²) in [5.41, 5.74) is -0.0318. The molecule has 1 fully saturated rings. The molecular formula is C9H8F2NO2. The lowest BCUT2D eigenvalue weighted by Crippen LogP contribution is -2.06. The standard InChI is InChI=1S/C9H8F2NO2/c10-8(11)6-2-1-3-12-7(6)9-13-4-5-14-9/h1-2,8-9H,4-5H2. The van der Waals surface area contributed by atoms with Gasteiger partial charge in [-0.25, -0.2) is 13.8 Å². The highest BCUT2D eigenvalue weighted by molar-refractivity contribution is 5.21. The molecule has 1 aromatic heterocycles. The number of ether oxygens (including phenoxy) is 2. The molecule has 2 rings (SSSR count). The smallest absolute Gasteiger partial charge is 0.265 e. The van der Waals surface area contributed by atoms with Gasteiger partial charge in [0.25, 0.3) is 6.43 Å². The van der Waals surface area contributed by atoms with Crippen LogP contribution in [0, 0.1) is 6.20 Å². The molecule has 0 spiro atoms. The molecule has 14 heavy (non-hydrogen) atoms. The largest absolute Gasteiger partial charge is 0.345 e. The number of hydrogen-bond acceptors (Lipinski definition) is 3. The Morgan fingerprint density at radius 1 is 1.43 bits per heavy atom. The van der Waals surface area contributed by atoms with Crippen molar-refractivity contribution >= 4 is 0 Å². The molecule has 0 saturated carbocycles. The molecule has 0 amide bonds. The fourth-order valence-corrected chi connectivity index (χ4v) is 1.27. The highest BCUT2D eigenvalue weighted by Crippen LogP contribution is 2.29. The van der Waals surface area contributed by atoms with E-state index in [0.717, 1.165) is 0 Å². The van der Waals surface area contributed by atoms with Crippen LogP contribution in [0.4, 0.5) is 8.78 Å². The van der Waals surface area contributed by atoms with Crippen molar-refractivity contribution in [1.82, 2.24) is 4.98 Å². The summed E-state index contributed by atoms with van der Waals surface area (Å²) in [6.07, 6.45) is -0.847. The number of aromatic nitrogens is 1. The topological polar surface area (TPSA) is 31.4 Å². The van der Waals surface area contributed by atoms with Crippen molar-refractivity contribution in [3.8, 4) is 0 Å². The Labute approximate surface area is 79.7 Å². The summed E-state index contributed by atoms with van der Waals surface area (Å²) in [4.78, 5) is 3.73. The predicted octanol–water partition coefficient (Wildman–Crippen LogP) is 1.86. The van der Waals surface area contributed by atoms with Crippen molar-refractivity contribution in [2.45, 2.75) is 12.7 Å². The predicted molar refractivity (Wildman–Crippen MR) is 42.7 cm³/mol. The van der Waals surface area contributed by atoms with Gasteiger partial charge in [0.15, 0.2) is 0 Å². The maximum atomic E-state index is 12.5. The lowest BCUT2D eigenvalue weighted by molar-refractivity contribution is -0.0498. The SMILES string of the molecule is FC(F)c1cc[c]nc1C1OCCO1. The van der Waals surface area contributed by atoms with Crippen molar-refractivity contribution < 1.29 is 18.3 Å². The highest BCUT2D eigenvalue weighted by atomic mass is 19.3. The molecule has 0 aliphatic carbocycles. The highest BCUT2D eigenvalue weighted by Gasteiger charge is 2.25. The van der Waals surface area contributed by atoms with E-state index in [4.69, 9.17) is 9.47 Å². The first kappa shape index (κ1) is 9.48. The van der Waals surface area contributed by atoms with Gasteiger partial charge >= 0.3 is 0 Å². The van der Waals surface area contributed by atoms with Crippen LogP contribution >= 0.6 is 0 Å². The first-order valence-electron chi connectivity index (χ1n) is 4.17. The lowest BCUT2D eigenvalue weighted by atomic mass is 10.2. The van der Waals surface area contributed by atoms with Crippen molar-refractivity contribution in [1.29, 1.82) is 0 Å². The molecule has 0 unspecified atom stereocenters. The number of nitrogens with zero attached hydrogens (tertiary/aromatic N) is 1. The van der Waals surface area contributed by atoms with Crippen LogP contribution in [0.2, 0.25) is 0 Å². The summed E-state index contributed by atoms with van der Waals surface area (Å²) in [7, 11) is 0. The van der Waals surface area contributed by atoms with Crippen molar-refractivity contribution in [2.24, 2.45) is 0 Å². The van der Waals surface area contributed by atoms with Gasteiger partial charge in [-0.1, -0.05) is 0 Å². The first-order chi connectivity index (χ1) is 6.79. The van der Waals surface area contributed by atoms with Gasteiger partial charge in [-0.2, -0.15) is 0 Å².